The van der Waals surface area contributed by atoms with Crippen molar-refractivity contribution in [3.8, 4) is 5.75 Å². The Labute approximate surface area is 311 Å². The molecule has 4 atom stereocenters. The molecule has 4 aromatic rings. The SMILES string of the molecule is COc1ccc2c(c1)[C@@]1(O[C@H](CC(=O)N(CCO)Cc3ccccc3)[C@@H]([Si](C)(C)O)[C@@H]1C)C(=O)N2Cc1cccc(N2C(=O)CCc3ccccc32)c1. The predicted octanol–water partition coefficient (Wildman–Crippen LogP) is 6.06. The number of aliphatic hydroxyl groups excluding tert-OH is 1. The van der Waals surface area contributed by atoms with Crippen LogP contribution >= 0.6 is 0 Å². The van der Waals surface area contributed by atoms with Crippen LogP contribution in [0.2, 0.25) is 18.6 Å². The van der Waals surface area contributed by atoms with Gasteiger partial charge in [-0.2, -0.15) is 0 Å². The number of carbonyl (C=O) groups is 3. The second kappa shape index (κ2) is 14.5. The summed E-state index contributed by atoms with van der Waals surface area (Å²) >= 11 is 0. The summed E-state index contributed by atoms with van der Waals surface area (Å²) in [6, 6.07) is 30.8. The minimum Gasteiger partial charge on any atom is -0.497 e. The Morgan fingerprint density at radius 1 is 0.943 bits per heavy atom. The first kappa shape index (κ1) is 36.5. The molecule has 0 aromatic heterocycles. The van der Waals surface area contributed by atoms with Crippen LogP contribution in [0, 0.1) is 5.92 Å². The summed E-state index contributed by atoms with van der Waals surface area (Å²) in [5.41, 5.74) is 3.84. The third kappa shape index (κ3) is 6.67. The van der Waals surface area contributed by atoms with Crippen LogP contribution in [-0.2, 0) is 44.2 Å². The molecule has 0 unspecified atom stereocenters. The molecule has 7 rings (SSSR count). The molecule has 3 aliphatic heterocycles. The number of aryl methyl sites for hydroxylation is 1. The molecule has 3 heterocycles. The van der Waals surface area contributed by atoms with Crippen LogP contribution in [0.4, 0.5) is 17.1 Å². The Kier molecular flexibility index (Phi) is 10.0. The van der Waals surface area contributed by atoms with E-state index in [0.717, 1.165) is 28.1 Å². The number of para-hydroxylation sites is 1. The minimum atomic E-state index is -3.05. The van der Waals surface area contributed by atoms with Crippen LogP contribution in [0.5, 0.6) is 5.75 Å². The lowest BCUT2D eigenvalue weighted by molar-refractivity contribution is -0.150. The molecule has 0 saturated carbocycles. The molecule has 1 fully saturated rings. The Morgan fingerprint density at radius 2 is 1.68 bits per heavy atom. The Bertz CT molecular complexity index is 2020. The maximum Gasteiger partial charge on any atom is 0.264 e. The number of hydrogen-bond donors (Lipinski definition) is 2. The Balaban J connectivity index is 1.23. The molecule has 3 aliphatic rings. The van der Waals surface area contributed by atoms with E-state index >= 15 is 4.79 Å². The topological polar surface area (TPSA) is 120 Å². The maximum atomic E-state index is 15.1. The van der Waals surface area contributed by atoms with Gasteiger partial charge in [-0.15, -0.1) is 0 Å². The first-order chi connectivity index (χ1) is 25.5. The molecule has 2 N–H and O–H groups in total. The number of amides is 3. The van der Waals surface area contributed by atoms with E-state index in [1.807, 2.05) is 117 Å². The van der Waals surface area contributed by atoms with E-state index in [0.29, 0.717) is 36.4 Å². The fourth-order valence-corrected chi connectivity index (χ4v) is 11.3. The van der Waals surface area contributed by atoms with E-state index < -0.39 is 31.5 Å². The average Bonchev–Trinajstić information content (AvgIpc) is 3.57. The van der Waals surface area contributed by atoms with Gasteiger partial charge in [0.25, 0.3) is 5.91 Å². The zero-order chi connectivity index (χ0) is 37.5. The molecule has 0 radical (unpaired) electrons. The summed E-state index contributed by atoms with van der Waals surface area (Å²) in [4.78, 5) is 59.2. The fraction of sp³-hybridized carbons (Fsp3) is 0.357. The van der Waals surface area contributed by atoms with Crippen molar-refractivity contribution in [2.24, 2.45) is 5.92 Å². The number of carbonyl (C=O) groups excluding carboxylic acids is 3. The molecule has 4 aromatic carbocycles. The van der Waals surface area contributed by atoms with E-state index in [1.54, 1.807) is 21.8 Å². The number of hydrogen-bond acceptors (Lipinski definition) is 7. The second-order valence-corrected chi connectivity index (χ2v) is 18.9. The molecule has 53 heavy (non-hydrogen) atoms. The second-order valence-electron chi connectivity index (χ2n) is 14.9. The van der Waals surface area contributed by atoms with Gasteiger partial charge in [0.2, 0.25) is 11.8 Å². The first-order valence-corrected chi connectivity index (χ1v) is 21.3. The van der Waals surface area contributed by atoms with Gasteiger partial charge in [-0.1, -0.05) is 67.6 Å². The molecule has 1 saturated heterocycles. The molecular formula is C42H47N3O7Si. The van der Waals surface area contributed by atoms with Crippen molar-refractivity contribution in [3.05, 3.63) is 119 Å². The zero-order valence-electron chi connectivity index (χ0n) is 30.7. The van der Waals surface area contributed by atoms with Gasteiger partial charge in [-0.05, 0) is 72.6 Å². The van der Waals surface area contributed by atoms with Gasteiger partial charge in [0.15, 0.2) is 13.9 Å². The van der Waals surface area contributed by atoms with Gasteiger partial charge in [0.05, 0.1) is 44.2 Å². The number of methoxy groups -OCH3 is 1. The van der Waals surface area contributed by atoms with Crippen LogP contribution in [0.15, 0.2) is 97.1 Å². The lowest BCUT2D eigenvalue weighted by atomic mass is 9.82. The normalized spacial score (nSPS) is 22.3. The van der Waals surface area contributed by atoms with Crippen LogP contribution in [0.3, 0.4) is 0 Å². The van der Waals surface area contributed by atoms with Gasteiger partial charge in [0, 0.05) is 42.2 Å². The molecule has 1 spiro atoms. The highest BCUT2D eigenvalue weighted by Gasteiger charge is 2.66. The molecule has 0 bridgehead atoms. The third-order valence-corrected chi connectivity index (χ3v) is 13.6. The summed E-state index contributed by atoms with van der Waals surface area (Å²) in [7, 11) is -1.48. The zero-order valence-corrected chi connectivity index (χ0v) is 31.7. The van der Waals surface area contributed by atoms with Gasteiger partial charge >= 0.3 is 0 Å². The van der Waals surface area contributed by atoms with Crippen molar-refractivity contribution in [3.63, 3.8) is 0 Å². The van der Waals surface area contributed by atoms with E-state index in [4.69, 9.17) is 9.47 Å². The van der Waals surface area contributed by atoms with E-state index in [2.05, 4.69) is 0 Å². The summed E-state index contributed by atoms with van der Waals surface area (Å²) < 4.78 is 12.6. The number of aliphatic hydroxyl groups is 1. The van der Waals surface area contributed by atoms with Crippen molar-refractivity contribution in [1.82, 2.24) is 4.90 Å². The van der Waals surface area contributed by atoms with Gasteiger partial charge in [0.1, 0.15) is 5.75 Å². The highest BCUT2D eigenvalue weighted by atomic mass is 28.4. The quantitative estimate of drug-likeness (QED) is 0.180. The van der Waals surface area contributed by atoms with Gasteiger partial charge < -0.3 is 29.2 Å². The molecular weight excluding hydrogens is 687 g/mol. The number of nitrogens with zero attached hydrogens (tertiary/aromatic N) is 3. The standard InChI is InChI=1S/C42H47N3O7Si/c1-28-40(53(3,4)50)37(25-39(48)43(21-22-46)26-29-11-6-5-7-12-29)52-42(28)34-24-33(51-2)18-19-36(34)44(41(42)49)27-30-13-10-15-32(23-30)45-35-16-9-8-14-31(35)17-20-38(45)47/h5-16,18-19,23-24,28,37,40,46,50H,17,20-22,25-27H2,1-4H3/t28-,37+,40-,42+/m0/s1. The van der Waals surface area contributed by atoms with Crippen LogP contribution < -0.4 is 14.5 Å². The summed E-state index contributed by atoms with van der Waals surface area (Å²) in [6.07, 6.45) is 0.304. The van der Waals surface area contributed by atoms with Crippen molar-refractivity contribution >= 4 is 43.1 Å². The van der Waals surface area contributed by atoms with Crippen LogP contribution in [0.1, 0.15) is 42.0 Å². The minimum absolute atomic E-state index is 0.0198. The monoisotopic (exact) mass is 733 g/mol. The number of ether oxygens (including phenoxy) is 2. The largest absolute Gasteiger partial charge is 0.497 e. The van der Waals surface area contributed by atoms with Crippen molar-refractivity contribution in [2.45, 2.75) is 69.6 Å². The molecule has 0 aliphatic carbocycles. The lowest BCUT2D eigenvalue weighted by Crippen LogP contribution is -2.46. The van der Waals surface area contributed by atoms with Crippen molar-refractivity contribution < 1.29 is 33.8 Å². The number of fused-ring (bicyclic) bond motifs is 3. The summed E-state index contributed by atoms with van der Waals surface area (Å²) in [6.45, 7) is 6.08. The van der Waals surface area contributed by atoms with E-state index in [-0.39, 0.29) is 43.8 Å². The summed E-state index contributed by atoms with van der Waals surface area (Å²) in [5.74, 6) is -0.394. The Hall–Kier alpha value is -4.81. The van der Waals surface area contributed by atoms with E-state index in [9.17, 15) is 19.5 Å². The predicted molar refractivity (Wildman–Crippen MR) is 205 cm³/mol. The molecule has 10 nitrogen and oxygen atoms in total. The van der Waals surface area contributed by atoms with Crippen LogP contribution in [0.25, 0.3) is 0 Å². The fourth-order valence-electron chi connectivity index (χ4n) is 8.75. The average molecular weight is 734 g/mol. The molecule has 11 heteroatoms. The van der Waals surface area contributed by atoms with Crippen LogP contribution in [-0.4, -0.2) is 67.2 Å². The van der Waals surface area contributed by atoms with Crippen molar-refractivity contribution in [2.75, 3.05) is 30.1 Å². The van der Waals surface area contributed by atoms with E-state index in [1.165, 1.54) is 0 Å². The van der Waals surface area contributed by atoms with Crippen molar-refractivity contribution in [1.29, 1.82) is 0 Å². The molecule has 276 valence electrons. The number of benzene rings is 4. The lowest BCUT2D eigenvalue weighted by Gasteiger charge is -2.33. The summed E-state index contributed by atoms with van der Waals surface area (Å²) in [5, 5.41) is 9.87. The number of anilines is 3. The maximum absolute atomic E-state index is 15.1. The van der Waals surface area contributed by atoms with Gasteiger partial charge in [-0.3, -0.25) is 19.3 Å². The third-order valence-electron chi connectivity index (χ3n) is 11.1. The first-order valence-electron chi connectivity index (χ1n) is 18.3. The Morgan fingerprint density at radius 3 is 2.42 bits per heavy atom. The highest BCUT2D eigenvalue weighted by Crippen LogP contribution is 2.60. The number of rotatable bonds is 11. The molecule has 3 amide bonds. The smallest absolute Gasteiger partial charge is 0.264 e. The highest BCUT2D eigenvalue weighted by molar-refractivity contribution is 6.71. The van der Waals surface area contributed by atoms with Gasteiger partial charge in [-0.25, -0.2) is 0 Å².